The molecule has 6 nitrogen and oxygen atoms in total. The maximum atomic E-state index is 13.7. The van der Waals surface area contributed by atoms with Crippen molar-refractivity contribution in [2.45, 2.75) is 19.1 Å². The van der Waals surface area contributed by atoms with Crippen LogP contribution in [0.2, 0.25) is 0 Å². The van der Waals surface area contributed by atoms with E-state index >= 15 is 0 Å². The molecule has 2 atom stereocenters. The van der Waals surface area contributed by atoms with E-state index in [1.807, 2.05) is 0 Å². The van der Waals surface area contributed by atoms with Gasteiger partial charge >= 0.3 is 5.97 Å². The molecule has 3 N–H and O–H groups in total. The fourth-order valence-electron chi connectivity index (χ4n) is 1.64. The van der Waals surface area contributed by atoms with Crippen LogP contribution in [0.4, 0.5) is 8.78 Å². The van der Waals surface area contributed by atoms with Gasteiger partial charge in [-0.2, -0.15) is 0 Å². The molecule has 0 aliphatic heterocycles. The van der Waals surface area contributed by atoms with Crippen molar-refractivity contribution in [1.29, 1.82) is 0 Å². The maximum Gasteiger partial charge on any atom is 0.343 e. The molecule has 116 valence electrons. The first-order valence-electron chi connectivity index (χ1n) is 5.95. The summed E-state index contributed by atoms with van der Waals surface area (Å²) in [5.74, 6) is -4.06. The first-order valence-corrected chi connectivity index (χ1v) is 5.95. The van der Waals surface area contributed by atoms with Gasteiger partial charge in [0.2, 0.25) is 5.91 Å². The zero-order chi connectivity index (χ0) is 16.2. The minimum absolute atomic E-state index is 0.268. The molecule has 8 heteroatoms. The van der Waals surface area contributed by atoms with Crippen molar-refractivity contribution in [2.24, 2.45) is 0 Å². The first kappa shape index (κ1) is 17.0. The van der Waals surface area contributed by atoms with Crippen molar-refractivity contribution >= 4 is 11.9 Å². The topological polar surface area (TPSA) is 95.9 Å². The van der Waals surface area contributed by atoms with Gasteiger partial charge in [0, 0.05) is 13.5 Å². The lowest BCUT2D eigenvalue weighted by Crippen LogP contribution is -2.34. The van der Waals surface area contributed by atoms with E-state index in [0.717, 1.165) is 19.2 Å². The molecule has 0 radical (unpaired) electrons. The second kappa shape index (κ2) is 7.09. The molecule has 1 amide bonds. The van der Waals surface area contributed by atoms with Crippen molar-refractivity contribution in [1.82, 2.24) is 5.32 Å². The standard InChI is InChI=1S/C13H15F2NO5/c1-6(17)16-5-10(18)12(19)7-3-8(14)11(9(15)4-7)13(20)21-2/h3-4,10,12,18-19H,5H2,1-2H3,(H,16,17). The minimum atomic E-state index is -1.63. The molecular formula is C13H15F2NO5. The van der Waals surface area contributed by atoms with E-state index in [4.69, 9.17) is 0 Å². The molecule has 21 heavy (non-hydrogen) atoms. The van der Waals surface area contributed by atoms with E-state index in [9.17, 15) is 28.6 Å². The van der Waals surface area contributed by atoms with Crippen LogP contribution in [-0.4, -0.2) is 41.8 Å². The van der Waals surface area contributed by atoms with Crippen molar-refractivity contribution in [3.8, 4) is 0 Å². The fraction of sp³-hybridized carbons (Fsp3) is 0.385. The number of hydrogen-bond acceptors (Lipinski definition) is 5. The molecule has 0 fully saturated rings. The smallest absolute Gasteiger partial charge is 0.343 e. The summed E-state index contributed by atoms with van der Waals surface area (Å²) >= 11 is 0. The van der Waals surface area contributed by atoms with Crippen LogP contribution in [0, 0.1) is 11.6 Å². The van der Waals surface area contributed by atoms with Gasteiger partial charge in [-0.25, -0.2) is 13.6 Å². The lowest BCUT2D eigenvalue weighted by Gasteiger charge is -2.19. The van der Waals surface area contributed by atoms with Crippen molar-refractivity contribution in [2.75, 3.05) is 13.7 Å². The number of carbonyl (C=O) groups is 2. The van der Waals surface area contributed by atoms with Gasteiger partial charge in [0.05, 0.1) is 7.11 Å². The van der Waals surface area contributed by atoms with Gasteiger partial charge in [0.1, 0.15) is 29.4 Å². The molecule has 2 unspecified atom stereocenters. The highest BCUT2D eigenvalue weighted by Crippen LogP contribution is 2.23. The SMILES string of the molecule is COC(=O)c1c(F)cc(C(O)C(O)CNC(C)=O)cc1F. The number of aliphatic hydroxyl groups is 2. The molecule has 1 rings (SSSR count). The average molecular weight is 303 g/mol. The number of esters is 1. The van der Waals surface area contributed by atoms with Gasteiger partial charge in [-0.15, -0.1) is 0 Å². The lowest BCUT2D eigenvalue weighted by atomic mass is 10.0. The van der Waals surface area contributed by atoms with Gasteiger partial charge in [-0.05, 0) is 17.7 Å². The Kier molecular flexibility index (Phi) is 5.74. The normalized spacial score (nSPS) is 13.4. The number of nitrogens with one attached hydrogen (secondary N) is 1. The summed E-state index contributed by atoms with van der Waals surface area (Å²) in [5, 5.41) is 21.7. The fourth-order valence-corrected chi connectivity index (χ4v) is 1.64. The van der Waals surface area contributed by atoms with Crippen LogP contribution < -0.4 is 5.32 Å². The summed E-state index contributed by atoms with van der Waals surface area (Å²) in [6, 6.07) is 1.44. The minimum Gasteiger partial charge on any atom is -0.465 e. The Morgan fingerprint density at radius 3 is 2.24 bits per heavy atom. The summed E-state index contributed by atoms with van der Waals surface area (Å²) in [5.41, 5.74) is -1.15. The predicted molar refractivity (Wildman–Crippen MR) is 67.3 cm³/mol. The monoisotopic (exact) mass is 303 g/mol. The maximum absolute atomic E-state index is 13.7. The Labute approximate surface area is 119 Å². The van der Waals surface area contributed by atoms with Crippen LogP contribution in [-0.2, 0) is 9.53 Å². The second-order valence-corrected chi connectivity index (χ2v) is 4.30. The van der Waals surface area contributed by atoms with Gasteiger partial charge in [-0.1, -0.05) is 0 Å². The van der Waals surface area contributed by atoms with Crippen LogP contribution in [0.15, 0.2) is 12.1 Å². The summed E-state index contributed by atoms with van der Waals surface area (Å²) in [6.07, 6.45) is -3.09. The van der Waals surface area contributed by atoms with E-state index in [0.29, 0.717) is 0 Å². The molecular weight excluding hydrogens is 288 g/mol. The molecule has 0 saturated carbocycles. The molecule has 0 bridgehead atoms. The van der Waals surface area contributed by atoms with Crippen LogP contribution in [0.25, 0.3) is 0 Å². The molecule has 0 aromatic heterocycles. The van der Waals surface area contributed by atoms with Crippen molar-refractivity contribution < 1.29 is 33.3 Å². The third-order valence-electron chi connectivity index (χ3n) is 2.72. The summed E-state index contributed by atoms with van der Waals surface area (Å²) < 4.78 is 31.6. The molecule has 0 spiro atoms. The summed E-state index contributed by atoms with van der Waals surface area (Å²) in [6.45, 7) is 0.919. The van der Waals surface area contributed by atoms with Crippen LogP contribution >= 0.6 is 0 Å². The number of ether oxygens (including phenoxy) is 1. The summed E-state index contributed by atoms with van der Waals surface area (Å²) in [7, 11) is 0.973. The number of amides is 1. The van der Waals surface area contributed by atoms with Gasteiger partial charge in [0.15, 0.2) is 0 Å². The molecule has 1 aromatic carbocycles. The Bertz CT molecular complexity index is 526. The molecule has 0 saturated heterocycles. The van der Waals surface area contributed by atoms with Crippen molar-refractivity contribution in [3.63, 3.8) is 0 Å². The highest BCUT2D eigenvalue weighted by atomic mass is 19.1. The van der Waals surface area contributed by atoms with Gasteiger partial charge < -0.3 is 20.3 Å². The molecule has 1 aromatic rings. The van der Waals surface area contributed by atoms with Gasteiger partial charge in [-0.3, -0.25) is 4.79 Å². The highest BCUT2D eigenvalue weighted by Gasteiger charge is 2.24. The third-order valence-corrected chi connectivity index (χ3v) is 2.72. The zero-order valence-electron chi connectivity index (χ0n) is 11.4. The van der Waals surface area contributed by atoms with Crippen LogP contribution in [0.1, 0.15) is 28.9 Å². The number of rotatable bonds is 5. The van der Waals surface area contributed by atoms with Gasteiger partial charge in [0.25, 0.3) is 0 Å². The van der Waals surface area contributed by atoms with Crippen LogP contribution in [0.3, 0.4) is 0 Å². The Morgan fingerprint density at radius 2 is 1.81 bits per heavy atom. The first-order chi connectivity index (χ1) is 9.77. The number of halogens is 2. The molecule has 0 aliphatic rings. The lowest BCUT2D eigenvalue weighted by molar-refractivity contribution is -0.119. The number of carbonyl (C=O) groups excluding carboxylic acids is 2. The Balaban J connectivity index is 2.99. The zero-order valence-corrected chi connectivity index (χ0v) is 11.4. The third kappa shape index (κ3) is 4.20. The summed E-state index contributed by atoms with van der Waals surface area (Å²) in [4.78, 5) is 21.9. The van der Waals surface area contributed by atoms with E-state index in [-0.39, 0.29) is 12.1 Å². The average Bonchev–Trinajstić information content (AvgIpc) is 2.42. The van der Waals surface area contributed by atoms with Crippen molar-refractivity contribution in [3.05, 3.63) is 34.9 Å². The Hall–Kier alpha value is -2.06. The van der Waals surface area contributed by atoms with E-state index in [1.165, 1.54) is 6.92 Å². The predicted octanol–water partition coefficient (Wildman–Crippen LogP) is 0.282. The molecule has 0 heterocycles. The van der Waals surface area contributed by atoms with E-state index < -0.39 is 41.3 Å². The number of aliphatic hydroxyl groups excluding tert-OH is 2. The van der Waals surface area contributed by atoms with Crippen LogP contribution in [0.5, 0.6) is 0 Å². The van der Waals surface area contributed by atoms with E-state index in [2.05, 4.69) is 10.1 Å². The largest absolute Gasteiger partial charge is 0.465 e. The second-order valence-electron chi connectivity index (χ2n) is 4.30. The molecule has 0 aliphatic carbocycles. The number of methoxy groups -OCH3 is 1. The number of benzene rings is 1. The quantitative estimate of drug-likeness (QED) is 0.679. The van der Waals surface area contributed by atoms with E-state index in [1.54, 1.807) is 0 Å². The highest BCUT2D eigenvalue weighted by molar-refractivity contribution is 5.90. The number of hydrogen-bond donors (Lipinski definition) is 3. The Morgan fingerprint density at radius 1 is 1.29 bits per heavy atom.